The van der Waals surface area contributed by atoms with Gasteiger partial charge < -0.3 is 9.64 Å². The molecule has 0 spiro atoms. The van der Waals surface area contributed by atoms with Gasteiger partial charge in [0.05, 0.1) is 5.56 Å². The van der Waals surface area contributed by atoms with E-state index in [9.17, 15) is 13.6 Å². The normalized spacial score (nSPS) is 10.6. The third kappa shape index (κ3) is 3.81. The van der Waals surface area contributed by atoms with E-state index < -0.39 is 6.61 Å². The molecule has 0 unspecified atom stereocenters. The summed E-state index contributed by atoms with van der Waals surface area (Å²) in [7, 11) is 1.63. The van der Waals surface area contributed by atoms with Crippen molar-refractivity contribution in [2.75, 3.05) is 7.05 Å². The molecule has 3 nitrogen and oxygen atoms in total. The summed E-state index contributed by atoms with van der Waals surface area (Å²) in [5.74, 6) is -0.473. The zero-order valence-corrected chi connectivity index (χ0v) is 12.4. The molecule has 0 aromatic heterocycles. The van der Waals surface area contributed by atoms with Crippen LogP contribution >= 0.6 is 0 Å². The van der Waals surface area contributed by atoms with Gasteiger partial charge >= 0.3 is 6.61 Å². The molecule has 116 valence electrons. The molecule has 5 heteroatoms. The van der Waals surface area contributed by atoms with Crippen LogP contribution in [0, 0.1) is 6.92 Å². The Bertz CT molecular complexity index is 659. The van der Waals surface area contributed by atoms with Gasteiger partial charge in [0.1, 0.15) is 5.75 Å². The standard InChI is InChI=1S/C17H17F2NO2/c1-12-7-3-4-8-13(12)11-20(2)16(21)14-9-5-6-10-15(14)22-17(18)19/h3-10,17H,11H2,1-2H3. The lowest BCUT2D eigenvalue weighted by atomic mass is 10.1. The summed E-state index contributed by atoms with van der Waals surface area (Å²) in [5, 5.41) is 0. The number of benzene rings is 2. The number of amides is 1. The van der Waals surface area contributed by atoms with Crippen molar-refractivity contribution >= 4 is 5.91 Å². The summed E-state index contributed by atoms with van der Waals surface area (Å²) in [6.07, 6.45) is 0. The first-order valence-electron chi connectivity index (χ1n) is 6.83. The van der Waals surface area contributed by atoms with Gasteiger partial charge in [0, 0.05) is 13.6 Å². The van der Waals surface area contributed by atoms with E-state index in [2.05, 4.69) is 4.74 Å². The quantitative estimate of drug-likeness (QED) is 0.839. The van der Waals surface area contributed by atoms with Crippen molar-refractivity contribution in [3.8, 4) is 5.75 Å². The summed E-state index contributed by atoms with van der Waals surface area (Å²) < 4.78 is 29.2. The zero-order valence-electron chi connectivity index (χ0n) is 12.4. The van der Waals surface area contributed by atoms with Gasteiger partial charge in [-0.1, -0.05) is 36.4 Å². The Morgan fingerprint density at radius 1 is 1.14 bits per heavy atom. The fourth-order valence-corrected chi connectivity index (χ4v) is 2.16. The van der Waals surface area contributed by atoms with E-state index in [0.29, 0.717) is 6.54 Å². The highest BCUT2D eigenvalue weighted by Crippen LogP contribution is 2.22. The number of aryl methyl sites for hydroxylation is 1. The number of rotatable bonds is 5. The number of carbonyl (C=O) groups excluding carboxylic acids is 1. The van der Waals surface area contributed by atoms with Crippen molar-refractivity contribution in [2.24, 2.45) is 0 Å². The number of para-hydroxylation sites is 1. The predicted octanol–water partition coefficient (Wildman–Crippen LogP) is 3.87. The van der Waals surface area contributed by atoms with Gasteiger partial charge in [-0.3, -0.25) is 4.79 Å². The monoisotopic (exact) mass is 305 g/mol. The van der Waals surface area contributed by atoms with Gasteiger partial charge in [-0.05, 0) is 30.2 Å². The molecule has 0 heterocycles. The Labute approximate surface area is 128 Å². The maximum Gasteiger partial charge on any atom is 0.387 e. The van der Waals surface area contributed by atoms with Crippen LogP contribution in [0.25, 0.3) is 0 Å². The highest BCUT2D eigenvalue weighted by atomic mass is 19.3. The van der Waals surface area contributed by atoms with Crippen LogP contribution in [0.15, 0.2) is 48.5 Å². The van der Waals surface area contributed by atoms with Crippen molar-refractivity contribution in [1.82, 2.24) is 4.90 Å². The fourth-order valence-electron chi connectivity index (χ4n) is 2.16. The number of halogens is 2. The van der Waals surface area contributed by atoms with Crippen LogP contribution < -0.4 is 4.74 Å². The lowest BCUT2D eigenvalue weighted by Gasteiger charge is -2.20. The number of hydrogen-bond donors (Lipinski definition) is 0. The van der Waals surface area contributed by atoms with Crippen molar-refractivity contribution in [2.45, 2.75) is 20.1 Å². The van der Waals surface area contributed by atoms with E-state index >= 15 is 0 Å². The number of carbonyl (C=O) groups is 1. The summed E-state index contributed by atoms with van der Waals surface area (Å²) in [6.45, 7) is -0.605. The molecule has 2 aromatic rings. The second kappa shape index (κ2) is 7.02. The number of nitrogens with zero attached hydrogens (tertiary/aromatic N) is 1. The highest BCUT2D eigenvalue weighted by molar-refractivity contribution is 5.96. The van der Waals surface area contributed by atoms with Gasteiger partial charge in [0.15, 0.2) is 0 Å². The van der Waals surface area contributed by atoms with E-state index in [-0.39, 0.29) is 17.2 Å². The van der Waals surface area contributed by atoms with Gasteiger partial charge in [0.25, 0.3) is 5.91 Å². The van der Waals surface area contributed by atoms with Crippen LogP contribution in [0.5, 0.6) is 5.75 Å². The molecule has 0 aliphatic carbocycles. The smallest absolute Gasteiger partial charge is 0.387 e. The van der Waals surface area contributed by atoms with Crippen LogP contribution in [0.2, 0.25) is 0 Å². The van der Waals surface area contributed by atoms with E-state index in [1.165, 1.54) is 17.0 Å². The van der Waals surface area contributed by atoms with Crippen molar-refractivity contribution < 1.29 is 18.3 Å². The van der Waals surface area contributed by atoms with Gasteiger partial charge in [-0.2, -0.15) is 8.78 Å². The minimum atomic E-state index is -2.96. The highest BCUT2D eigenvalue weighted by Gasteiger charge is 2.19. The largest absolute Gasteiger partial charge is 0.434 e. The number of ether oxygens (including phenoxy) is 1. The molecule has 0 fully saturated rings. The molecule has 2 rings (SSSR count). The third-order valence-electron chi connectivity index (χ3n) is 3.35. The van der Waals surface area contributed by atoms with Crippen LogP contribution in [-0.4, -0.2) is 24.5 Å². The average molecular weight is 305 g/mol. The molecule has 1 amide bonds. The van der Waals surface area contributed by atoms with Crippen LogP contribution in [0.3, 0.4) is 0 Å². The second-order valence-electron chi connectivity index (χ2n) is 4.96. The molecular formula is C17H17F2NO2. The topological polar surface area (TPSA) is 29.5 Å². The Balaban J connectivity index is 2.19. The Morgan fingerprint density at radius 2 is 1.77 bits per heavy atom. The second-order valence-corrected chi connectivity index (χ2v) is 4.96. The lowest BCUT2D eigenvalue weighted by Crippen LogP contribution is -2.27. The van der Waals surface area contributed by atoms with Crippen LogP contribution in [-0.2, 0) is 6.54 Å². The maximum atomic E-state index is 12.5. The SMILES string of the molecule is Cc1ccccc1CN(C)C(=O)c1ccccc1OC(F)F. The molecule has 0 radical (unpaired) electrons. The first kappa shape index (κ1) is 15.9. The molecule has 0 N–H and O–H groups in total. The average Bonchev–Trinajstić information content (AvgIpc) is 2.49. The molecule has 2 aromatic carbocycles. The van der Waals surface area contributed by atoms with Gasteiger partial charge in [0.2, 0.25) is 0 Å². The molecule has 22 heavy (non-hydrogen) atoms. The summed E-state index contributed by atoms with van der Waals surface area (Å²) in [4.78, 5) is 13.9. The molecule has 0 aliphatic rings. The molecule has 0 atom stereocenters. The van der Waals surface area contributed by atoms with Crippen LogP contribution in [0.1, 0.15) is 21.5 Å². The Hall–Kier alpha value is -2.43. The van der Waals surface area contributed by atoms with Crippen molar-refractivity contribution in [3.05, 3.63) is 65.2 Å². The van der Waals surface area contributed by atoms with Gasteiger partial charge in [-0.15, -0.1) is 0 Å². The molecule has 0 aliphatic heterocycles. The fraction of sp³-hybridized carbons (Fsp3) is 0.235. The molecular weight excluding hydrogens is 288 g/mol. The first-order valence-corrected chi connectivity index (χ1v) is 6.83. The summed E-state index contributed by atoms with van der Waals surface area (Å²) in [6, 6.07) is 13.7. The zero-order chi connectivity index (χ0) is 16.1. The van der Waals surface area contributed by atoms with Crippen LogP contribution in [0.4, 0.5) is 8.78 Å². The summed E-state index contributed by atoms with van der Waals surface area (Å²) in [5.41, 5.74) is 2.20. The van der Waals surface area contributed by atoms with E-state index in [1.807, 2.05) is 31.2 Å². The maximum absolute atomic E-state index is 12.5. The molecule has 0 bridgehead atoms. The minimum Gasteiger partial charge on any atom is -0.434 e. The Kier molecular flexibility index (Phi) is 5.09. The van der Waals surface area contributed by atoms with E-state index in [0.717, 1.165) is 11.1 Å². The van der Waals surface area contributed by atoms with Crippen molar-refractivity contribution in [3.63, 3.8) is 0 Å². The van der Waals surface area contributed by atoms with Gasteiger partial charge in [-0.25, -0.2) is 0 Å². The number of hydrogen-bond acceptors (Lipinski definition) is 2. The van der Waals surface area contributed by atoms with Crippen molar-refractivity contribution in [1.29, 1.82) is 0 Å². The minimum absolute atomic E-state index is 0.112. The third-order valence-corrected chi connectivity index (χ3v) is 3.35. The molecule has 0 saturated carbocycles. The Morgan fingerprint density at radius 3 is 2.45 bits per heavy atom. The predicted molar refractivity (Wildman–Crippen MR) is 80.1 cm³/mol. The molecule has 0 saturated heterocycles. The lowest BCUT2D eigenvalue weighted by molar-refractivity contribution is -0.0502. The first-order chi connectivity index (χ1) is 10.5. The number of alkyl halides is 2. The van der Waals surface area contributed by atoms with E-state index in [4.69, 9.17) is 0 Å². The summed E-state index contributed by atoms with van der Waals surface area (Å²) >= 11 is 0. The van der Waals surface area contributed by atoms with E-state index in [1.54, 1.807) is 19.2 Å².